The maximum atomic E-state index is 12.0. The van der Waals surface area contributed by atoms with Gasteiger partial charge in [0.1, 0.15) is 0 Å². The van der Waals surface area contributed by atoms with Crippen LogP contribution in [0.3, 0.4) is 0 Å². The zero-order valence-electron chi connectivity index (χ0n) is 11.3. The Morgan fingerprint density at radius 2 is 1.94 bits per heavy atom. The molecule has 18 heavy (non-hydrogen) atoms. The van der Waals surface area contributed by atoms with Gasteiger partial charge in [0.15, 0.2) is 5.78 Å². The lowest BCUT2D eigenvalue weighted by molar-refractivity contribution is -0.119. The van der Waals surface area contributed by atoms with E-state index in [1.54, 1.807) is 0 Å². The summed E-state index contributed by atoms with van der Waals surface area (Å²) in [6.07, 6.45) is 0.561. The van der Waals surface area contributed by atoms with E-state index in [2.05, 4.69) is 42.3 Å². The highest BCUT2D eigenvalue weighted by atomic mass is 16.1. The molecule has 1 aromatic carbocycles. The molecule has 3 heteroatoms. The fourth-order valence-corrected chi connectivity index (χ4v) is 2.32. The molecule has 0 unspecified atom stereocenters. The average Bonchev–Trinajstić information content (AvgIpc) is 2.35. The van der Waals surface area contributed by atoms with Gasteiger partial charge in [-0.05, 0) is 30.5 Å². The molecule has 1 aliphatic heterocycles. The normalized spacial score (nSPS) is 16.8. The standard InChI is InChI=1S/C15H22N2O/c1-12-3-4-14(9-13(12)2)10-15(18)11-17-7-5-16-6-8-17/h3-4,9,16H,5-8,10-11H2,1-2H3. The summed E-state index contributed by atoms with van der Waals surface area (Å²) < 4.78 is 0. The van der Waals surface area contributed by atoms with Crippen molar-refractivity contribution < 1.29 is 4.79 Å². The summed E-state index contributed by atoms with van der Waals surface area (Å²) in [5, 5.41) is 3.30. The molecule has 0 spiro atoms. The molecule has 1 fully saturated rings. The van der Waals surface area contributed by atoms with Gasteiger partial charge in [0.05, 0.1) is 6.54 Å². The SMILES string of the molecule is Cc1ccc(CC(=O)CN2CCNCC2)cc1C. The minimum Gasteiger partial charge on any atom is -0.314 e. The van der Waals surface area contributed by atoms with Crippen LogP contribution in [0.4, 0.5) is 0 Å². The number of carbonyl (C=O) groups is 1. The highest BCUT2D eigenvalue weighted by molar-refractivity contribution is 5.82. The molecule has 1 aromatic rings. The highest BCUT2D eigenvalue weighted by Gasteiger charge is 2.13. The summed E-state index contributed by atoms with van der Waals surface area (Å²) in [4.78, 5) is 14.3. The summed E-state index contributed by atoms with van der Waals surface area (Å²) in [6.45, 7) is 8.75. The summed E-state index contributed by atoms with van der Waals surface area (Å²) in [5.74, 6) is 0.320. The van der Waals surface area contributed by atoms with Crippen molar-refractivity contribution in [1.82, 2.24) is 10.2 Å². The molecular weight excluding hydrogens is 224 g/mol. The van der Waals surface area contributed by atoms with Crippen molar-refractivity contribution in [3.05, 3.63) is 34.9 Å². The zero-order valence-corrected chi connectivity index (χ0v) is 11.3. The van der Waals surface area contributed by atoms with Crippen LogP contribution in [0, 0.1) is 13.8 Å². The van der Waals surface area contributed by atoms with Gasteiger partial charge in [0.25, 0.3) is 0 Å². The van der Waals surface area contributed by atoms with Crippen molar-refractivity contribution in [2.45, 2.75) is 20.3 Å². The number of hydrogen-bond acceptors (Lipinski definition) is 3. The Balaban J connectivity index is 1.88. The number of piperazine rings is 1. The molecule has 0 aromatic heterocycles. The Morgan fingerprint density at radius 1 is 1.22 bits per heavy atom. The number of ketones is 1. The van der Waals surface area contributed by atoms with Crippen LogP contribution in [-0.2, 0) is 11.2 Å². The Hall–Kier alpha value is -1.19. The van der Waals surface area contributed by atoms with Crippen LogP contribution in [0.2, 0.25) is 0 Å². The topological polar surface area (TPSA) is 32.3 Å². The van der Waals surface area contributed by atoms with E-state index in [0.29, 0.717) is 18.7 Å². The Kier molecular flexibility index (Phi) is 4.50. The van der Waals surface area contributed by atoms with Gasteiger partial charge < -0.3 is 5.32 Å². The first-order valence-electron chi connectivity index (χ1n) is 6.66. The minimum absolute atomic E-state index is 0.320. The maximum absolute atomic E-state index is 12.0. The second-order valence-electron chi connectivity index (χ2n) is 5.16. The van der Waals surface area contributed by atoms with Crippen LogP contribution in [0.5, 0.6) is 0 Å². The van der Waals surface area contributed by atoms with Crippen LogP contribution in [0.25, 0.3) is 0 Å². The molecule has 1 saturated heterocycles. The first-order chi connectivity index (χ1) is 8.65. The number of Topliss-reactive ketones (excluding diaryl/α,β-unsaturated/α-hetero) is 1. The number of aryl methyl sites for hydroxylation is 2. The number of hydrogen-bond donors (Lipinski definition) is 1. The molecule has 0 atom stereocenters. The Bertz CT molecular complexity index is 423. The Labute approximate surface area is 109 Å². The summed E-state index contributed by atoms with van der Waals surface area (Å²) in [6, 6.07) is 6.30. The number of rotatable bonds is 4. The third-order valence-corrected chi connectivity index (χ3v) is 3.58. The molecule has 3 nitrogen and oxygen atoms in total. The largest absolute Gasteiger partial charge is 0.314 e. The molecule has 0 saturated carbocycles. The second-order valence-corrected chi connectivity index (χ2v) is 5.16. The third-order valence-electron chi connectivity index (χ3n) is 3.58. The van der Waals surface area contributed by atoms with Gasteiger partial charge in [-0.1, -0.05) is 18.2 Å². The van der Waals surface area contributed by atoms with E-state index < -0.39 is 0 Å². The molecule has 0 bridgehead atoms. The highest BCUT2D eigenvalue weighted by Crippen LogP contribution is 2.10. The monoisotopic (exact) mass is 246 g/mol. The van der Waals surface area contributed by atoms with E-state index in [0.717, 1.165) is 31.7 Å². The quantitative estimate of drug-likeness (QED) is 0.869. The van der Waals surface area contributed by atoms with Crippen molar-refractivity contribution >= 4 is 5.78 Å². The molecule has 0 amide bonds. The van der Waals surface area contributed by atoms with Crippen molar-refractivity contribution in [2.24, 2.45) is 0 Å². The predicted molar refractivity (Wildman–Crippen MR) is 73.9 cm³/mol. The van der Waals surface area contributed by atoms with Crippen molar-refractivity contribution in [1.29, 1.82) is 0 Å². The lowest BCUT2D eigenvalue weighted by Crippen LogP contribution is -2.45. The molecule has 1 aliphatic rings. The fourth-order valence-electron chi connectivity index (χ4n) is 2.32. The molecule has 98 valence electrons. The third kappa shape index (κ3) is 3.65. The van der Waals surface area contributed by atoms with Gasteiger partial charge in [0, 0.05) is 32.6 Å². The van der Waals surface area contributed by atoms with E-state index in [-0.39, 0.29) is 0 Å². The van der Waals surface area contributed by atoms with Crippen LogP contribution in [-0.4, -0.2) is 43.4 Å². The molecule has 2 rings (SSSR count). The number of nitrogens with zero attached hydrogens (tertiary/aromatic N) is 1. The summed E-state index contributed by atoms with van der Waals surface area (Å²) in [5.41, 5.74) is 3.69. The van der Waals surface area contributed by atoms with Gasteiger partial charge in [-0.3, -0.25) is 9.69 Å². The van der Waals surface area contributed by atoms with Gasteiger partial charge in [-0.15, -0.1) is 0 Å². The Morgan fingerprint density at radius 3 is 2.61 bits per heavy atom. The first kappa shape index (κ1) is 13.2. The van der Waals surface area contributed by atoms with Crippen LogP contribution in [0.1, 0.15) is 16.7 Å². The van der Waals surface area contributed by atoms with Crippen molar-refractivity contribution in [2.75, 3.05) is 32.7 Å². The van der Waals surface area contributed by atoms with E-state index in [1.165, 1.54) is 11.1 Å². The lowest BCUT2D eigenvalue weighted by atomic mass is 10.0. The average molecular weight is 246 g/mol. The molecule has 0 radical (unpaired) electrons. The van der Waals surface area contributed by atoms with E-state index in [1.807, 2.05) is 0 Å². The molecule has 0 aliphatic carbocycles. The van der Waals surface area contributed by atoms with Gasteiger partial charge >= 0.3 is 0 Å². The molecular formula is C15H22N2O. The van der Waals surface area contributed by atoms with Gasteiger partial charge in [0.2, 0.25) is 0 Å². The number of benzene rings is 1. The van der Waals surface area contributed by atoms with E-state index in [9.17, 15) is 4.79 Å². The second kappa shape index (κ2) is 6.12. The lowest BCUT2D eigenvalue weighted by Gasteiger charge is -2.26. The predicted octanol–water partition coefficient (Wildman–Crippen LogP) is 1.32. The maximum Gasteiger partial charge on any atom is 0.151 e. The molecule has 1 N–H and O–H groups in total. The van der Waals surface area contributed by atoms with Crippen LogP contribution < -0.4 is 5.32 Å². The fraction of sp³-hybridized carbons (Fsp3) is 0.533. The number of nitrogens with one attached hydrogen (secondary N) is 1. The first-order valence-corrected chi connectivity index (χ1v) is 6.66. The summed E-state index contributed by atoms with van der Waals surface area (Å²) in [7, 11) is 0. The molecule has 1 heterocycles. The van der Waals surface area contributed by atoms with Crippen molar-refractivity contribution in [3.8, 4) is 0 Å². The van der Waals surface area contributed by atoms with E-state index in [4.69, 9.17) is 0 Å². The van der Waals surface area contributed by atoms with Crippen LogP contribution in [0.15, 0.2) is 18.2 Å². The van der Waals surface area contributed by atoms with Gasteiger partial charge in [-0.25, -0.2) is 0 Å². The van der Waals surface area contributed by atoms with Gasteiger partial charge in [-0.2, -0.15) is 0 Å². The number of carbonyl (C=O) groups excluding carboxylic acids is 1. The smallest absolute Gasteiger partial charge is 0.151 e. The van der Waals surface area contributed by atoms with Crippen molar-refractivity contribution in [3.63, 3.8) is 0 Å². The minimum atomic E-state index is 0.320. The van der Waals surface area contributed by atoms with E-state index >= 15 is 0 Å². The zero-order chi connectivity index (χ0) is 13.0. The summed E-state index contributed by atoms with van der Waals surface area (Å²) >= 11 is 0. The van der Waals surface area contributed by atoms with Crippen LogP contribution >= 0.6 is 0 Å².